The molecular weight excluding hydrogens is 258 g/mol. The van der Waals surface area contributed by atoms with Gasteiger partial charge in [0.1, 0.15) is 17.5 Å². The molecule has 2 heterocycles. The molecule has 0 spiro atoms. The van der Waals surface area contributed by atoms with Gasteiger partial charge in [-0.3, -0.25) is 4.40 Å². The van der Waals surface area contributed by atoms with Crippen LogP contribution < -0.4 is 5.73 Å². The molecule has 0 fully saturated rings. The van der Waals surface area contributed by atoms with Gasteiger partial charge in [-0.15, -0.1) is 0 Å². The van der Waals surface area contributed by atoms with E-state index in [0.717, 1.165) is 21.8 Å². The van der Waals surface area contributed by atoms with Crippen LogP contribution in [0, 0.1) is 18.3 Å². The van der Waals surface area contributed by atoms with Crippen molar-refractivity contribution in [2.45, 2.75) is 6.92 Å². The van der Waals surface area contributed by atoms with Crippen LogP contribution in [0.1, 0.15) is 11.1 Å². The minimum Gasteiger partial charge on any atom is -0.384 e. The number of rotatable bonds is 0. The Kier molecular flexibility index (Phi) is 2.25. The predicted octanol–water partition coefficient (Wildman–Crippen LogP) is 4.01. The molecule has 0 radical (unpaired) electrons. The van der Waals surface area contributed by atoms with Gasteiger partial charge in [-0.05, 0) is 18.6 Å². The molecule has 3 heteroatoms. The fourth-order valence-corrected chi connectivity index (χ4v) is 3.25. The predicted molar refractivity (Wildman–Crippen MR) is 86.3 cm³/mol. The Morgan fingerprint density at radius 1 is 0.952 bits per heavy atom. The molecule has 0 unspecified atom stereocenters. The Balaban J connectivity index is 2.47. The third-order valence-corrected chi connectivity index (χ3v) is 4.19. The number of hydrogen-bond acceptors (Lipinski definition) is 2. The third-order valence-electron chi connectivity index (χ3n) is 4.19. The molecule has 0 amide bonds. The standard InChI is InChI=1S/C18H13N3/c1-11-12-6-4-5-9-16(12)21-17(11)14-8-3-2-7-13(14)15(10-19)18(21)20/h2-9H,20H2,1H3. The molecule has 0 bridgehead atoms. The van der Waals surface area contributed by atoms with Gasteiger partial charge < -0.3 is 5.73 Å². The summed E-state index contributed by atoms with van der Waals surface area (Å²) in [5.41, 5.74) is 10.2. The zero-order chi connectivity index (χ0) is 14.6. The van der Waals surface area contributed by atoms with Crippen molar-refractivity contribution >= 4 is 33.0 Å². The fraction of sp³-hybridized carbons (Fsp3) is 0.0556. The molecule has 0 aliphatic carbocycles. The maximum Gasteiger partial charge on any atom is 0.127 e. The molecule has 21 heavy (non-hydrogen) atoms. The van der Waals surface area contributed by atoms with Crippen LogP contribution in [-0.2, 0) is 0 Å². The van der Waals surface area contributed by atoms with Gasteiger partial charge in [-0.2, -0.15) is 5.26 Å². The van der Waals surface area contributed by atoms with Gasteiger partial charge in [-0.1, -0.05) is 42.5 Å². The summed E-state index contributed by atoms with van der Waals surface area (Å²) in [6, 6.07) is 18.4. The molecule has 3 nitrogen and oxygen atoms in total. The van der Waals surface area contributed by atoms with Gasteiger partial charge in [0.05, 0.1) is 11.0 Å². The highest BCUT2D eigenvalue weighted by molar-refractivity contribution is 6.09. The monoisotopic (exact) mass is 271 g/mol. The summed E-state index contributed by atoms with van der Waals surface area (Å²) in [6.45, 7) is 2.11. The summed E-state index contributed by atoms with van der Waals surface area (Å²) in [5, 5.41) is 12.7. The van der Waals surface area contributed by atoms with E-state index in [4.69, 9.17) is 5.73 Å². The number of hydrogen-bond donors (Lipinski definition) is 1. The Morgan fingerprint density at radius 3 is 2.29 bits per heavy atom. The summed E-state index contributed by atoms with van der Waals surface area (Å²) < 4.78 is 2.01. The van der Waals surface area contributed by atoms with E-state index in [2.05, 4.69) is 25.1 Å². The first-order valence-corrected chi connectivity index (χ1v) is 6.84. The third kappa shape index (κ3) is 1.36. The van der Waals surface area contributed by atoms with Gasteiger partial charge in [-0.25, -0.2) is 0 Å². The molecule has 2 N–H and O–H groups in total. The van der Waals surface area contributed by atoms with Crippen LogP contribution in [0.25, 0.3) is 27.2 Å². The lowest BCUT2D eigenvalue weighted by Gasteiger charge is -2.10. The van der Waals surface area contributed by atoms with E-state index in [9.17, 15) is 5.26 Å². The number of nitrogens with zero attached hydrogens (tertiary/aromatic N) is 2. The van der Waals surface area contributed by atoms with Crippen molar-refractivity contribution in [2.75, 3.05) is 5.73 Å². The molecule has 0 saturated carbocycles. The maximum atomic E-state index is 9.51. The van der Waals surface area contributed by atoms with Crippen molar-refractivity contribution in [3.05, 3.63) is 59.7 Å². The van der Waals surface area contributed by atoms with Gasteiger partial charge in [0.25, 0.3) is 0 Å². The van der Waals surface area contributed by atoms with Gasteiger partial charge >= 0.3 is 0 Å². The summed E-state index contributed by atoms with van der Waals surface area (Å²) in [6.07, 6.45) is 0. The average molecular weight is 271 g/mol. The number of fused-ring (bicyclic) bond motifs is 5. The molecule has 2 aromatic carbocycles. The van der Waals surface area contributed by atoms with Crippen molar-refractivity contribution in [1.29, 1.82) is 5.26 Å². The number of aromatic nitrogens is 1. The molecule has 4 rings (SSSR count). The van der Waals surface area contributed by atoms with E-state index >= 15 is 0 Å². The van der Waals surface area contributed by atoms with Gasteiger partial charge in [0.15, 0.2) is 0 Å². The lowest BCUT2D eigenvalue weighted by Crippen LogP contribution is -2.01. The van der Waals surface area contributed by atoms with Crippen LogP contribution in [0.4, 0.5) is 5.82 Å². The molecule has 0 atom stereocenters. The number of nitriles is 1. The average Bonchev–Trinajstić information content (AvgIpc) is 2.82. The molecule has 0 aliphatic rings. The lowest BCUT2D eigenvalue weighted by molar-refractivity contribution is 1.26. The van der Waals surface area contributed by atoms with Crippen molar-refractivity contribution in [3.63, 3.8) is 0 Å². The SMILES string of the molecule is Cc1c2ccccc2n2c(N)c(C#N)c3ccccc3c12. The summed E-state index contributed by atoms with van der Waals surface area (Å²) in [5.74, 6) is 0.510. The second-order valence-corrected chi connectivity index (χ2v) is 5.24. The number of para-hydroxylation sites is 1. The van der Waals surface area contributed by atoms with E-state index in [-0.39, 0.29) is 0 Å². The van der Waals surface area contributed by atoms with Gasteiger partial charge in [0, 0.05) is 16.2 Å². The molecule has 100 valence electrons. The highest BCUT2D eigenvalue weighted by atomic mass is 15.0. The molecule has 0 aliphatic heterocycles. The lowest BCUT2D eigenvalue weighted by atomic mass is 10.0. The van der Waals surface area contributed by atoms with Crippen molar-refractivity contribution in [2.24, 2.45) is 0 Å². The summed E-state index contributed by atoms with van der Waals surface area (Å²) >= 11 is 0. The molecule has 0 saturated heterocycles. The highest BCUT2D eigenvalue weighted by Crippen LogP contribution is 2.36. The fourth-order valence-electron chi connectivity index (χ4n) is 3.25. The minimum absolute atomic E-state index is 0.510. The van der Waals surface area contributed by atoms with E-state index in [1.165, 1.54) is 10.9 Å². The van der Waals surface area contributed by atoms with Crippen molar-refractivity contribution < 1.29 is 0 Å². The number of nitrogens with two attached hydrogens (primary N) is 1. The molecular formula is C18H13N3. The number of nitrogen functional groups attached to an aromatic ring is 1. The van der Waals surface area contributed by atoms with Crippen LogP contribution in [0.15, 0.2) is 48.5 Å². The Bertz CT molecular complexity index is 1060. The number of aryl methyl sites for hydroxylation is 1. The molecule has 4 aromatic rings. The smallest absolute Gasteiger partial charge is 0.127 e. The Hall–Kier alpha value is -2.99. The first kappa shape index (κ1) is 11.8. The van der Waals surface area contributed by atoms with Crippen LogP contribution in [0.3, 0.4) is 0 Å². The zero-order valence-electron chi connectivity index (χ0n) is 11.6. The van der Waals surface area contributed by atoms with E-state index in [1.807, 2.05) is 40.8 Å². The molecule has 2 aromatic heterocycles. The first-order valence-electron chi connectivity index (χ1n) is 6.84. The summed E-state index contributed by atoms with van der Waals surface area (Å²) in [4.78, 5) is 0. The highest BCUT2D eigenvalue weighted by Gasteiger charge is 2.17. The summed E-state index contributed by atoms with van der Waals surface area (Å²) in [7, 11) is 0. The second kappa shape index (κ2) is 4.00. The van der Waals surface area contributed by atoms with Crippen LogP contribution in [0.5, 0.6) is 0 Å². The van der Waals surface area contributed by atoms with E-state index < -0.39 is 0 Å². The minimum atomic E-state index is 0.510. The Morgan fingerprint density at radius 2 is 1.57 bits per heavy atom. The zero-order valence-corrected chi connectivity index (χ0v) is 11.6. The number of benzene rings is 2. The normalized spacial score (nSPS) is 11.2. The quantitative estimate of drug-likeness (QED) is 0.525. The number of pyridine rings is 1. The Labute approximate surface area is 121 Å². The van der Waals surface area contributed by atoms with Gasteiger partial charge in [0.2, 0.25) is 0 Å². The number of anilines is 1. The van der Waals surface area contributed by atoms with E-state index in [1.54, 1.807) is 0 Å². The van der Waals surface area contributed by atoms with Crippen LogP contribution in [-0.4, -0.2) is 4.40 Å². The van der Waals surface area contributed by atoms with Crippen molar-refractivity contribution in [1.82, 2.24) is 4.40 Å². The van der Waals surface area contributed by atoms with Crippen LogP contribution >= 0.6 is 0 Å². The van der Waals surface area contributed by atoms with Crippen LogP contribution in [0.2, 0.25) is 0 Å². The largest absolute Gasteiger partial charge is 0.384 e. The second-order valence-electron chi connectivity index (χ2n) is 5.24. The topological polar surface area (TPSA) is 54.2 Å². The maximum absolute atomic E-state index is 9.51. The first-order chi connectivity index (χ1) is 10.2. The van der Waals surface area contributed by atoms with E-state index in [0.29, 0.717) is 11.4 Å². The van der Waals surface area contributed by atoms with Crippen molar-refractivity contribution in [3.8, 4) is 6.07 Å².